The number of hydrogen-bond acceptors (Lipinski definition) is 5. The van der Waals surface area contributed by atoms with Gasteiger partial charge < -0.3 is 14.8 Å². The summed E-state index contributed by atoms with van der Waals surface area (Å²) in [6.07, 6.45) is 3.72. The third-order valence-electron chi connectivity index (χ3n) is 8.53. The minimum atomic E-state index is -1.73. The van der Waals surface area contributed by atoms with Gasteiger partial charge in [0.05, 0.1) is 23.2 Å². The maximum absolute atomic E-state index is 14.9. The molecule has 0 fully saturated rings. The van der Waals surface area contributed by atoms with Crippen LogP contribution in [-0.4, -0.2) is 43.8 Å². The second kappa shape index (κ2) is 14.9. The first-order valence-corrected chi connectivity index (χ1v) is 15.5. The number of rotatable bonds is 13. The van der Waals surface area contributed by atoms with E-state index in [0.29, 0.717) is 18.7 Å². The zero-order valence-electron chi connectivity index (χ0n) is 26.4. The van der Waals surface area contributed by atoms with Crippen LogP contribution in [0.25, 0.3) is 10.8 Å². The van der Waals surface area contributed by atoms with Crippen LogP contribution in [0, 0.1) is 33.5 Å². The molecule has 0 aliphatic carbocycles. The highest BCUT2D eigenvalue weighted by Crippen LogP contribution is 2.24. The van der Waals surface area contributed by atoms with Crippen LogP contribution in [0.2, 0.25) is 0 Å². The van der Waals surface area contributed by atoms with E-state index in [-0.39, 0.29) is 37.0 Å². The lowest BCUT2D eigenvalue weighted by Gasteiger charge is -2.32. The summed E-state index contributed by atoms with van der Waals surface area (Å²) in [6, 6.07) is 20.3. The highest BCUT2D eigenvalue weighted by Gasteiger charge is 2.29. The first-order chi connectivity index (χ1) is 23.0. The van der Waals surface area contributed by atoms with E-state index in [1.807, 2.05) is 56.3 Å². The summed E-state index contributed by atoms with van der Waals surface area (Å²) in [5, 5.41) is 15.8. The molecule has 0 saturated heterocycles. The molecule has 5 aromatic rings. The van der Waals surface area contributed by atoms with Crippen LogP contribution >= 0.6 is 0 Å². The minimum absolute atomic E-state index is 0.0173. The van der Waals surface area contributed by atoms with E-state index in [1.54, 1.807) is 29.2 Å². The molecule has 1 N–H and O–H groups in total. The Balaban J connectivity index is 1.39. The zero-order chi connectivity index (χ0) is 34.4. The van der Waals surface area contributed by atoms with Gasteiger partial charge in [0.25, 0.3) is 11.6 Å². The molecule has 0 radical (unpaired) electrons. The van der Waals surface area contributed by atoms with Gasteiger partial charge in [0.1, 0.15) is 0 Å². The summed E-state index contributed by atoms with van der Waals surface area (Å²) in [6.45, 7) is 4.17. The molecule has 0 unspecified atom stereocenters. The lowest BCUT2D eigenvalue weighted by Crippen LogP contribution is -2.49. The number of carbonyl (C=O) groups excluding carboxylic acids is 2. The summed E-state index contributed by atoms with van der Waals surface area (Å²) in [7, 11) is 0. The summed E-state index contributed by atoms with van der Waals surface area (Å²) in [4.78, 5) is 43.4. The van der Waals surface area contributed by atoms with Crippen molar-refractivity contribution in [3.8, 4) is 0 Å². The zero-order valence-corrected chi connectivity index (χ0v) is 26.4. The predicted octanol–water partition coefficient (Wildman–Crippen LogP) is 6.83. The molecule has 1 aromatic heterocycles. The maximum Gasteiger partial charge on any atom is 0.269 e. The first kappa shape index (κ1) is 33.8. The summed E-state index contributed by atoms with van der Waals surface area (Å²) >= 11 is 0. The van der Waals surface area contributed by atoms with E-state index in [9.17, 15) is 32.9 Å². The smallest absolute Gasteiger partial charge is 0.269 e. The second-order valence-corrected chi connectivity index (χ2v) is 11.7. The van der Waals surface area contributed by atoms with Crippen LogP contribution in [0.4, 0.5) is 18.9 Å². The quantitative estimate of drug-likeness (QED) is 0.0849. The lowest BCUT2D eigenvalue weighted by atomic mass is 9.97. The number of benzene rings is 4. The number of nitrogens with zero attached hydrogens (tertiary/aromatic N) is 4. The standard InChI is InChI=1S/C36H34F3N5O4/c1-3-23(2)32(41-33(45)17-28-18-40-22-43(28)19-24-11-13-27(14-12-24)44(47)48)21-42(36(46)30-15-16-31(37)35(39)34(30)38)20-26-9-6-8-25-7-4-5-10-29(25)26/h4-16,18,22-23,32H,3,17,19-21H2,1-2H3,(H,41,45)/t23-,32+/m0/s1. The predicted molar refractivity (Wildman–Crippen MR) is 175 cm³/mol. The molecule has 0 aliphatic rings. The molecule has 2 amide bonds. The van der Waals surface area contributed by atoms with Crippen molar-refractivity contribution in [2.24, 2.45) is 5.92 Å². The molecular weight excluding hydrogens is 623 g/mol. The molecule has 0 spiro atoms. The molecule has 0 saturated carbocycles. The number of amides is 2. The SMILES string of the molecule is CC[C@H](C)[C@@H](CN(Cc1cccc2ccccc12)C(=O)c1ccc(F)c(F)c1F)NC(=O)Cc1cncn1Cc1ccc([N+](=O)[O-])cc1. The second-order valence-electron chi connectivity index (χ2n) is 11.7. The minimum Gasteiger partial charge on any atom is -0.351 e. The normalized spacial score (nSPS) is 12.4. The molecule has 0 aliphatic heterocycles. The molecule has 2 atom stereocenters. The number of imidazole rings is 1. The van der Waals surface area contributed by atoms with Gasteiger partial charge in [0.2, 0.25) is 5.91 Å². The Labute approximate surface area is 275 Å². The van der Waals surface area contributed by atoms with Crippen molar-refractivity contribution in [1.29, 1.82) is 0 Å². The molecule has 12 heteroatoms. The Morgan fingerprint density at radius 3 is 2.44 bits per heavy atom. The van der Waals surface area contributed by atoms with Crippen LogP contribution in [-0.2, 0) is 24.3 Å². The molecule has 5 rings (SSSR count). The Kier molecular flexibility index (Phi) is 10.5. The lowest BCUT2D eigenvalue weighted by molar-refractivity contribution is -0.384. The van der Waals surface area contributed by atoms with E-state index in [1.165, 1.54) is 17.0 Å². The van der Waals surface area contributed by atoms with Gasteiger partial charge in [-0.15, -0.1) is 0 Å². The van der Waals surface area contributed by atoms with Crippen LogP contribution < -0.4 is 5.32 Å². The Bertz CT molecular complexity index is 1940. The number of non-ortho nitro benzene ring substituents is 1. The van der Waals surface area contributed by atoms with Gasteiger partial charge in [-0.2, -0.15) is 0 Å². The molecule has 4 aromatic carbocycles. The Morgan fingerprint density at radius 2 is 1.71 bits per heavy atom. The topological polar surface area (TPSA) is 110 Å². The van der Waals surface area contributed by atoms with Crippen molar-refractivity contribution >= 4 is 28.3 Å². The van der Waals surface area contributed by atoms with E-state index in [2.05, 4.69) is 10.3 Å². The number of nitrogens with one attached hydrogen (secondary N) is 1. The summed E-state index contributed by atoms with van der Waals surface area (Å²) in [5.41, 5.74) is 1.50. The number of hydrogen-bond donors (Lipinski definition) is 1. The van der Waals surface area contributed by atoms with Gasteiger partial charge in [0.15, 0.2) is 17.5 Å². The van der Waals surface area contributed by atoms with Gasteiger partial charge in [-0.05, 0) is 39.9 Å². The van der Waals surface area contributed by atoms with Crippen LogP contribution in [0.5, 0.6) is 0 Å². The third kappa shape index (κ3) is 7.71. The van der Waals surface area contributed by atoms with Crippen molar-refractivity contribution < 1.29 is 27.7 Å². The molecule has 248 valence electrons. The van der Waals surface area contributed by atoms with Gasteiger partial charge >= 0.3 is 0 Å². The van der Waals surface area contributed by atoms with Gasteiger partial charge in [-0.25, -0.2) is 18.2 Å². The average Bonchev–Trinajstić information content (AvgIpc) is 3.51. The van der Waals surface area contributed by atoms with Crippen LogP contribution in [0.1, 0.15) is 47.4 Å². The van der Waals surface area contributed by atoms with Crippen molar-refractivity contribution in [3.05, 3.63) is 141 Å². The maximum atomic E-state index is 14.9. The highest BCUT2D eigenvalue weighted by molar-refractivity contribution is 5.95. The molecule has 0 bridgehead atoms. The van der Waals surface area contributed by atoms with Crippen molar-refractivity contribution in [2.45, 2.75) is 45.8 Å². The van der Waals surface area contributed by atoms with E-state index >= 15 is 0 Å². The van der Waals surface area contributed by atoms with Crippen molar-refractivity contribution in [2.75, 3.05) is 6.54 Å². The fourth-order valence-corrected chi connectivity index (χ4v) is 5.59. The first-order valence-electron chi connectivity index (χ1n) is 15.5. The number of fused-ring (bicyclic) bond motifs is 1. The van der Waals surface area contributed by atoms with Crippen molar-refractivity contribution in [3.63, 3.8) is 0 Å². The van der Waals surface area contributed by atoms with Crippen LogP contribution in [0.3, 0.4) is 0 Å². The number of carbonyl (C=O) groups is 2. The van der Waals surface area contributed by atoms with E-state index < -0.39 is 39.9 Å². The fourth-order valence-electron chi connectivity index (χ4n) is 5.59. The molecule has 48 heavy (non-hydrogen) atoms. The number of nitro benzene ring substituents is 1. The largest absolute Gasteiger partial charge is 0.351 e. The third-order valence-corrected chi connectivity index (χ3v) is 8.53. The number of nitro groups is 1. The van der Waals surface area contributed by atoms with Crippen molar-refractivity contribution in [1.82, 2.24) is 19.8 Å². The van der Waals surface area contributed by atoms with Gasteiger partial charge in [-0.3, -0.25) is 19.7 Å². The molecule has 9 nitrogen and oxygen atoms in total. The van der Waals surface area contributed by atoms with E-state index in [0.717, 1.165) is 34.0 Å². The number of halogens is 3. The summed E-state index contributed by atoms with van der Waals surface area (Å²) in [5.74, 6) is -6.03. The number of aromatic nitrogens is 2. The van der Waals surface area contributed by atoms with Gasteiger partial charge in [-0.1, -0.05) is 74.9 Å². The van der Waals surface area contributed by atoms with E-state index in [4.69, 9.17) is 0 Å². The highest BCUT2D eigenvalue weighted by atomic mass is 19.2. The monoisotopic (exact) mass is 657 g/mol. The summed E-state index contributed by atoms with van der Waals surface area (Å²) < 4.78 is 44.7. The average molecular weight is 658 g/mol. The van der Waals surface area contributed by atoms with Crippen LogP contribution in [0.15, 0.2) is 91.4 Å². The Hall–Kier alpha value is -5.52. The molecule has 1 heterocycles. The molecular formula is C36H34F3N5O4. The fraction of sp³-hybridized carbons (Fsp3) is 0.250. The Morgan fingerprint density at radius 1 is 0.979 bits per heavy atom. The van der Waals surface area contributed by atoms with Gasteiger partial charge in [0, 0.05) is 49.7 Å².